The van der Waals surface area contributed by atoms with Crippen molar-refractivity contribution in [3.63, 3.8) is 0 Å². The highest BCUT2D eigenvalue weighted by Gasteiger charge is 2.37. The predicted octanol–water partition coefficient (Wildman–Crippen LogP) is 2.58. The molecule has 2 fully saturated rings. The molecule has 0 spiro atoms. The molecule has 2 aliphatic heterocycles. The summed E-state index contributed by atoms with van der Waals surface area (Å²) in [5, 5.41) is 13.1. The lowest BCUT2D eigenvalue weighted by molar-refractivity contribution is 0.0910. The van der Waals surface area contributed by atoms with E-state index in [0.717, 1.165) is 55.8 Å². The molecule has 5 heterocycles. The van der Waals surface area contributed by atoms with E-state index in [1.807, 2.05) is 36.4 Å². The normalized spacial score (nSPS) is 20.6. The number of pyridine rings is 3. The van der Waals surface area contributed by atoms with Gasteiger partial charge in [-0.05, 0) is 75.2 Å². The summed E-state index contributed by atoms with van der Waals surface area (Å²) >= 11 is 0. The van der Waals surface area contributed by atoms with Gasteiger partial charge in [-0.1, -0.05) is 12.1 Å². The fourth-order valence-corrected chi connectivity index (χ4v) is 5.56. The minimum atomic E-state index is -0.578. The Labute approximate surface area is 211 Å². The van der Waals surface area contributed by atoms with Crippen LogP contribution in [0.5, 0.6) is 0 Å². The van der Waals surface area contributed by atoms with E-state index in [1.54, 1.807) is 22.9 Å². The maximum Gasteiger partial charge on any atom is 0.267 e. The molecule has 8 heteroatoms. The van der Waals surface area contributed by atoms with E-state index in [4.69, 9.17) is 0 Å². The Morgan fingerprint density at radius 2 is 2.00 bits per heavy atom. The average molecular weight is 485 g/mol. The molecule has 0 bridgehead atoms. The molecule has 0 radical (unpaired) electrons. The summed E-state index contributed by atoms with van der Waals surface area (Å²) in [7, 11) is 2.05. The first-order chi connectivity index (χ1) is 17.5. The van der Waals surface area contributed by atoms with Crippen molar-refractivity contribution in [3.8, 4) is 6.07 Å². The number of fused-ring (bicyclic) bond motifs is 1. The van der Waals surface area contributed by atoms with Crippen LogP contribution in [0.25, 0.3) is 5.52 Å². The molecule has 8 nitrogen and oxygen atoms in total. The maximum atomic E-state index is 13.2. The Morgan fingerprint density at radius 1 is 1.19 bits per heavy atom. The van der Waals surface area contributed by atoms with Crippen molar-refractivity contribution in [2.45, 2.75) is 43.7 Å². The Bertz CT molecular complexity index is 1340. The van der Waals surface area contributed by atoms with Crippen LogP contribution in [0.3, 0.4) is 0 Å². The number of carbonyl (C=O) groups is 1. The second-order valence-corrected chi connectivity index (χ2v) is 10.1. The van der Waals surface area contributed by atoms with Crippen molar-refractivity contribution in [2.75, 3.05) is 33.2 Å². The van der Waals surface area contributed by atoms with Crippen molar-refractivity contribution >= 4 is 11.4 Å². The first-order valence-corrected chi connectivity index (χ1v) is 12.7. The third kappa shape index (κ3) is 4.77. The molecule has 1 N–H and O–H groups in total. The molecule has 5 rings (SSSR count). The number of nitriles is 1. The molecule has 1 amide bonds. The van der Waals surface area contributed by atoms with E-state index in [-0.39, 0.29) is 23.1 Å². The van der Waals surface area contributed by atoms with Crippen molar-refractivity contribution in [2.24, 2.45) is 0 Å². The number of piperidine rings is 2. The lowest BCUT2D eigenvalue weighted by atomic mass is 9.76. The predicted molar refractivity (Wildman–Crippen MR) is 138 cm³/mol. The zero-order valence-electron chi connectivity index (χ0n) is 20.7. The molecule has 1 unspecified atom stereocenters. The molecule has 186 valence electrons. The third-order valence-corrected chi connectivity index (χ3v) is 7.63. The van der Waals surface area contributed by atoms with Gasteiger partial charge in [0.2, 0.25) is 0 Å². The molecule has 3 aromatic rings. The Hall–Kier alpha value is -3.54. The van der Waals surface area contributed by atoms with Crippen LogP contribution in [-0.2, 0) is 12.0 Å². The summed E-state index contributed by atoms with van der Waals surface area (Å²) in [4.78, 5) is 35.4. The van der Waals surface area contributed by atoms with Gasteiger partial charge in [0.25, 0.3) is 11.5 Å². The van der Waals surface area contributed by atoms with E-state index < -0.39 is 5.41 Å². The molecule has 0 saturated carbocycles. The van der Waals surface area contributed by atoms with E-state index in [0.29, 0.717) is 19.4 Å². The second kappa shape index (κ2) is 10.2. The highest BCUT2D eigenvalue weighted by atomic mass is 16.2. The van der Waals surface area contributed by atoms with E-state index in [2.05, 4.69) is 33.2 Å². The third-order valence-electron chi connectivity index (χ3n) is 7.63. The largest absolute Gasteiger partial charge is 0.348 e. The van der Waals surface area contributed by atoms with Gasteiger partial charge in [0.15, 0.2) is 0 Å². The SMILES string of the molecule is CN1CCCC(NC(=O)c2cc(CN3CCC(C#N)(c4ccccn4)CC3)c3ccccn3c2=O)C1. The average Bonchev–Trinajstić information content (AvgIpc) is 2.91. The molecule has 3 aromatic heterocycles. The molecule has 2 saturated heterocycles. The molecule has 36 heavy (non-hydrogen) atoms. The van der Waals surface area contributed by atoms with Gasteiger partial charge < -0.3 is 10.2 Å². The monoisotopic (exact) mass is 484 g/mol. The zero-order valence-corrected chi connectivity index (χ0v) is 20.7. The molecular formula is C28H32N6O2. The number of nitrogens with one attached hydrogen (secondary N) is 1. The Morgan fingerprint density at radius 3 is 2.72 bits per heavy atom. The number of aromatic nitrogens is 2. The van der Waals surface area contributed by atoms with Crippen LogP contribution in [0, 0.1) is 11.3 Å². The Kier molecular flexibility index (Phi) is 6.86. The number of rotatable bonds is 5. The number of hydrogen-bond acceptors (Lipinski definition) is 6. The topological polar surface area (TPSA) is 93.7 Å². The summed E-state index contributed by atoms with van der Waals surface area (Å²) in [6, 6.07) is 15.7. The number of likely N-dealkylation sites (tertiary alicyclic amines) is 2. The van der Waals surface area contributed by atoms with Gasteiger partial charge in [0, 0.05) is 44.6 Å². The van der Waals surface area contributed by atoms with Gasteiger partial charge >= 0.3 is 0 Å². The summed E-state index contributed by atoms with van der Waals surface area (Å²) in [6.45, 7) is 3.89. The van der Waals surface area contributed by atoms with Gasteiger partial charge in [-0.15, -0.1) is 0 Å². The molecule has 0 aliphatic carbocycles. The summed E-state index contributed by atoms with van der Waals surface area (Å²) in [5.41, 5.74) is 1.87. The van der Waals surface area contributed by atoms with Crippen LogP contribution in [0.4, 0.5) is 0 Å². The number of likely N-dealkylation sites (N-methyl/N-ethyl adjacent to an activating group) is 1. The van der Waals surface area contributed by atoms with Gasteiger partial charge in [-0.3, -0.25) is 23.9 Å². The summed E-state index contributed by atoms with van der Waals surface area (Å²) in [5.74, 6) is -0.308. The van der Waals surface area contributed by atoms with Crippen LogP contribution in [0.15, 0.2) is 59.7 Å². The molecule has 0 aromatic carbocycles. The van der Waals surface area contributed by atoms with Gasteiger partial charge in [-0.2, -0.15) is 5.26 Å². The summed E-state index contributed by atoms with van der Waals surface area (Å²) < 4.78 is 1.58. The van der Waals surface area contributed by atoms with Gasteiger partial charge in [0.1, 0.15) is 11.0 Å². The van der Waals surface area contributed by atoms with Crippen molar-refractivity contribution in [1.29, 1.82) is 5.26 Å². The highest BCUT2D eigenvalue weighted by molar-refractivity contribution is 5.94. The fraction of sp³-hybridized carbons (Fsp3) is 0.429. The standard InChI is InChI=1S/C28H32N6O2/c1-32-13-6-7-22(19-32)31-26(35)23-17-21(24-8-3-5-14-34(24)27(23)36)18-33-15-10-28(20-29,11-16-33)25-9-2-4-12-30-25/h2-5,8-9,12,14,17,22H,6-7,10-11,13,15-16,18-19H2,1H3,(H,31,35). The number of amides is 1. The minimum Gasteiger partial charge on any atom is -0.348 e. The maximum absolute atomic E-state index is 13.2. The van der Waals surface area contributed by atoms with Crippen LogP contribution in [-0.4, -0.2) is 64.4 Å². The first-order valence-electron chi connectivity index (χ1n) is 12.7. The van der Waals surface area contributed by atoms with Crippen LogP contribution >= 0.6 is 0 Å². The smallest absolute Gasteiger partial charge is 0.267 e. The van der Waals surface area contributed by atoms with E-state index in [9.17, 15) is 14.9 Å². The quantitative estimate of drug-likeness (QED) is 0.598. The second-order valence-electron chi connectivity index (χ2n) is 10.1. The number of carbonyl (C=O) groups excluding carboxylic acids is 1. The van der Waals surface area contributed by atoms with Crippen LogP contribution < -0.4 is 10.9 Å². The first kappa shape index (κ1) is 24.2. The fourth-order valence-electron chi connectivity index (χ4n) is 5.56. The number of nitrogens with zero attached hydrogens (tertiary/aromatic N) is 5. The highest BCUT2D eigenvalue weighted by Crippen LogP contribution is 2.34. The molecule has 1 atom stereocenters. The van der Waals surface area contributed by atoms with Crippen molar-refractivity contribution in [1.82, 2.24) is 24.5 Å². The van der Waals surface area contributed by atoms with Crippen molar-refractivity contribution < 1.29 is 4.79 Å². The Balaban J connectivity index is 1.38. The van der Waals surface area contributed by atoms with E-state index in [1.165, 1.54) is 0 Å². The summed E-state index contributed by atoms with van der Waals surface area (Å²) in [6.07, 6.45) is 6.79. The molecular weight excluding hydrogens is 452 g/mol. The van der Waals surface area contributed by atoms with Gasteiger partial charge in [-0.25, -0.2) is 0 Å². The van der Waals surface area contributed by atoms with Gasteiger partial charge in [0.05, 0.1) is 17.3 Å². The number of hydrogen-bond donors (Lipinski definition) is 1. The van der Waals surface area contributed by atoms with E-state index >= 15 is 0 Å². The zero-order chi connectivity index (χ0) is 25.1. The lowest BCUT2D eigenvalue weighted by Gasteiger charge is -2.37. The van der Waals surface area contributed by atoms with Crippen molar-refractivity contribution in [3.05, 3.63) is 82.0 Å². The van der Waals surface area contributed by atoms with Crippen LogP contribution in [0.2, 0.25) is 0 Å². The lowest BCUT2D eigenvalue weighted by Crippen LogP contribution is -2.47. The van der Waals surface area contributed by atoms with Crippen LogP contribution in [0.1, 0.15) is 47.3 Å². The molecule has 2 aliphatic rings. The minimum absolute atomic E-state index is 0.0448.